The Morgan fingerprint density at radius 3 is 2.09 bits per heavy atom. The summed E-state index contributed by atoms with van der Waals surface area (Å²) in [5.74, 6) is -1.72. The molecular weight excluding hydrogens is 278 g/mol. The van der Waals surface area contributed by atoms with Crippen molar-refractivity contribution in [1.29, 1.82) is 0 Å². The Morgan fingerprint density at radius 2 is 1.55 bits per heavy atom. The highest BCUT2D eigenvalue weighted by molar-refractivity contribution is 6.07. The van der Waals surface area contributed by atoms with E-state index in [0.29, 0.717) is 5.56 Å². The highest BCUT2D eigenvalue weighted by atomic mass is 16.4. The fourth-order valence-electron chi connectivity index (χ4n) is 2.58. The standard InChI is InChI=1S/C18H19NO3/c1-18(2,3)14-10-5-4-7-11(14)15-12(16(19)20)8-6-9-13(15)17(21)22/h4-10H,1-3H3,(H2,19,20)(H,21,22). The first kappa shape index (κ1) is 15.8. The van der Waals surface area contributed by atoms with Gasteiger partial charge in [0.1, 0.15) is 0 Å². The number of carboxylic acids is 1. The molecule has 0 unspecified atom stereocenters. The lowest BCUT2D eigenvalue weighted by atomic mass is 9.80. The zero-order chi connectivity index (χ0) is 16.5. The first-order chi connectivity index (χ1) is 10.2. The number of amides is 1. The molecule has 0 saturated heterocycles. The molecule has 1 amide bonds. The number of benzene rings is 2. The summed E-state index contributed by atoms with van der Waals surface area (Å²) < 4.78 is 0. The molecule has 114 valence electrons. The van der Waals surface area contributed by atoms with Gasteiger partial charge in [0.25, 0.3) is 0 Å². The Hall–Kier alpha value is -2.62. The monoisotopic (exact) mass is 297 g/mol. The molecule has 0 aromatic heterocycles. The van der Waals surface area contributed by atoms with Gasteiger partial charge in [0.2, 0.25) is 5.91 Å². The van der Waals surface area contributed by atoms with E-state index in [0.717, 1.165) is 11.1 Å². The van der Waals surface area contributed by atoms with Crippen molar-refractivity contribution in [3.8, 4) is 11.1 Å². The van der Waals surface area contributed by atoms with Gasteiger partial charge in [-0.25, -0.2) is 4.79 Å². The van der Waals surface area contributed by atoms with Crippen molar-refractivity contribution in [2.24, 2.45) is 5.73 Å². The average molecular weight is 297 g/mol. The van der Waals surface area contributed by atoms with Gasteiger partial charge in [0.05, 0.1) is 5.56 Å². The predicted molar refractivity (Wildman–Crippen MR) is 86.1 cm³/mol. The number of aromatic carboxylic acids is 1. The first-order valence-corrected chi connectivity index (χ1v) is 6.99. The highest BCUT2D eigenvalue weighted by Crippen LogP contribution is 2.36. The van der Waals surface area contributed by atoms with Crippen LogP contribution in [0.4, 0.5) is 0 Å². The van der Waals surface area contributed by atoms with E-state index < -0.39 is 11.9 Å². The maximum absolute atomic E-state index is 11.8. The van der Waals surface area contributed by atoms with E-state index in [-0.39, 0.29) is 16.5 Å². The number of hydrogen-bond donors (Lipinski definition) is 2. The second-order valence-electron chi connectivity index (χ2n) is 6.19. The topological polar surface area (TPSA) is 80.4 Å². The third kappa shape index (κ3) is 2.86. The van der Waals surface area contributed by atoms with Gasteiger partial charge in [-0.2, -0.15) is 0 Å². The van der Waals surface area contributed by atoms with Crippen molar-refractivity contribution < 1.29 is 14.7 Å². The summed E-state index contributed by atoms with van der Waals surface area (Å²) in [5, 5.41) is 9.47. The smallest absolute Gasteiger partial charge is 0.336 e. The fraction of sp³-hybridized carbons (Fsp3) is 0.222. The SMILES string of the molecule is CC(C)(C)c1ccccc1-c1c(C(N)=O)cccc1C(=O)O. The molecule has 0 aliphatic heterocycles. The second kappa shape index (κ2) is 5.64. The summed E-state index contributed by atoms with van der Waals surface area (Å²) in [7, 11) is 0. The number of nitrogens with two attached hydrogens (primary N) is 1. The Labute approximate surface area is 129 Å². The van der Waals surface area contributed by atoms with E-state index in [1.54, 1.807) is 6.07 Å². The number of carbonyl (C=O) groups is 2. The maximum atomic E-state index is 11.8. The molecule has 22 heavy (non-hydrogen) atoms. The molecule has 2 rings (SSSR count). The van der Waals surface area contributed by atoms with E-state index in [4.69, 9.17) is 5.73 Å². The molecule has 0 atom stereocenters. The van der Waals surface area contributed by atoms with Crippen molar-refractivity contribution in [3.05, 3.63) is 59.2 Å². The van der Waals surface area contributed by atoms with Gasteiger partial charge in [-0.05, 0) is 28.7 Å². The van der Waals surface area contributed by atoms with Gasteiger partial charge in [0, 0.05) is 11.1 Å². The Balaban J connectivity index is 2.89. The van der Waals surface area contributed by atoms with Crippen LogP contribution < -0.4 is 5.73 Å². The second-order valence-corrected chi connectivity index (χ2v) is 6.19. The van der Waals surface area contributed by atoms with Crippen LogP contribution >= 0.6 is 0 Å². The molecule has 0 aliphatic rings. The molecule has 0 fully saturated rings. The summed E-state index contributed by atoms with van der Waals surface area (Å²) in [6.45, 7) is 6.12. The molecule has 0 bridgehead atoms. The van der Waals surface area contributed by atoms with E-state index in [1.807, 2.05) is 45.0 Å². The van der Waals surface area contributed by atoms with Crippen molar-refractivity contribution in [2.75, 3.05) is 0 Å². The zero-order valence-electron chi connectivity index (χ0n) is 12.9. The number of primary amides is 1. The van der Waals surface area contributed by atoms with Crippen molar-refractivity contribution in [3.63, 3.8) is 0 Å². The van der Waals surface area contributed by atoms with Crippen LogP contribution in [-0.4, -0.2) is 17.0 Å². The molecule has 0 heterocycles. The van der Waals surface area contributed by atoms with E-state index in [9.17, 15) is 14.7 Å². The molecule has 2 aromatic carbocycles. The summed E-state index contributed by atoms with van der Waals surface area (Å²) in [6.07, 6.45) is 0. The van der Waals surface area contributed by atoms with Gasteiger partial charge >= 0.3 is 5.97 Å². The number of rotatable bonds is 3. The van der Waals surface area contributed by atoms with Gasteiger partial charge in [-0.3, -0.25) is 4.79 Å². The van der Waals surface area contributed by atoms with E-state index in [2.05, 4.69) is 0 Å². The van der Waals surface area contributed by atoms with Crippen LogP contribution in [0.3, 0.4) is 0 Å². The van der Waals surface area contributed by atoms with Gasteiger partial charge in [-0.15, -0.1) is 0 Å². The van der Waals surface area contributed by atoms with Gasteiger partial charge in [-0.1, -0.05) is 51.1 Å². The fourth-order valence-corrected chi connectivity index (χ4v) is 2.58. The van der Waals surface area contributed by atoms with Crippen molar-refractivity contribution >= 4 is 11.9 Å². The number of carboxylic acid groups (broad SMARTS) is 1. The average Bonchev–Trinajstić information content (AvgIpc) is 2.45. The predicted octanol–water partition coefficient (Wildman–Crippen LogP) is 3.45. The molecule has 0 radical (unpaired) electrons. The lowest BCUT2D eigenvalue weighted by molar-refractivity contribution is 0.0697. The van der Waals surface area contributed by atoms with Crippen LogP contribution in [0.2, 0.25) is 0 Å². The van der Waals surface area contributed by atoms with Crippen LogP contribution in [0.1, 0.15) is 47.1 Å². The summed E-state index contributed by atoms with van der Waals surface area (Å²) >= 11 is 0. The summed E-state index contributed by atoms with van der Waals surface area (Å²) in [6, 6.07) is 12.1. The highest BCUT2D eigenvalue weighted by Gasteiger charge is 2.24. The molecule has 4 heteroatoms. The molecule has 0 aliphatic carbocycles. The van der Waals surface area contributed by atoms with Crippen molar-refractivity contribution in [2.45, 2.75) is 26.2 Å². The van der Waals surface area contributed by atoms with Gasteiger partial charge < -0.3 is 10.8 Å². The minimum Gasteiger partial charge on any atom is -0.478 e. The molecule has 0 saturated carbocycles. The van der Waals surface area contributed by atoms with Crippen LogP contribution in [0.15, 0.2) is 42.5 Å². The van der Waals surface area contributed by atoms with Crippen LogP contribution in [0, 0.1) is 0 Å². The molecule has 4 nitrogen and oxygen atoms in total. The van der Waals surface area contributed by atoms with Gasteiger partial charge in [0.15, 0.2) is 0 Å². The van der Waals surface area contributed by atoms with E-state index >= 15 is 0 Å². The summed E-state index contributed by atoms with van der Waals surface area (Å²) in [4.78, 5) is 23.3. The minimum absolute atomic E-state index is 0.0769. The molecule has 0 spiro atoms. The third-order valence-corrected chi connectivity index (χ3v) is 3.56. The van der Waals surface area contributed by atoms with Crippen molar-refractivity contribution in [1.82, 2.24) is 0 Å². The van der Waals surface area contributed by atoms with Crippen LogP contribution in [0.5, 0.6) is 0 Å². The Morgan fingerprint density at radius 1 is 0.955 bits per heavy atom. The van der Waals surface area contributed by atoms with Crippen LogP contribution in [-0.2, 0) is 5.41 Å². The Bertz CT molecular complexity index is 710. The largest absolute Gasteiger partial charge is 0.478 e. The zero-order valence-corrected chi connectivity index (χ0v) is 12.9. The molecule has 3 N–H and O–H groups in total. The van der Waals surface area contributed by atoms with Crippen LogP contribution in [0.25, 0.3) is 11.1 Å². The quantitative estimate of drug-likeness (QED) is 0.910. The molecule has 2 aromatic rings. The minimum atomic E-state index is -1.08. The lowest BCUT2D eigenvalue weighted by Gasteiger charge is -2.24. The normalized spacial score (nSPS) is 11.2. The number of hydrogen-bond acceptors (Lipinski definition) is 2. The maximum Gasteiger partial charge on any atom is 0.336 e. The third-order valence-electron chi connectivity index (χ3n) is 3.56. The summed E-state index contributed by atoms with van der Waals surface area (Å²) in [5.41, 5.74) is 7.62. The lowest BCUT2D eigenvalue weighted by Crippen LogP contribution is -2.17. The Kier molecular flexibility index (Phi) is 4.04. The first-order valence-electron chi connectivity index (χ1n) is 6.99. The molecular formula is C18H19NO3. The number of carbonyl (C=O) groups excluding carboxylic acids is 1. The van der Waals surface area contributed by atoms with E-state index in [1.165, 1.54) is 12.1 Å².